The Bertz CT molecular complexity index is 1360. The van der Waals surface area contributed by atoms with Gasteiger partial charge in [-0.2, -0.15) is 4.99 Å². The fourth-order valence-corrected chi connectivity index (χ4v) is 3.72. The van der Waals surface area contributed by atoms with Crippen LogP contribution >= 0.6 is 0 Å². The lowest BCUT2D eigenvalue weighted by Crippen LogP contribution is -2.27. The number of hydrogen-bond donors (Lipinski definition) is 3. The van der Waals surface area contributed by atoms with Crippen LogP contribution in [0.4, 0.5) is 22.0 Å². The normalized spacial score (nSPS) is 12.1. The summed E-state index contributed by atoms with van der Waals surface area (Å²) in [5.41, 5.74) is 8.25. The molecule has 0 aliphatic carbocycles. The Balaban J connectivity index is 1.68. The van der Waals surface area contributed by atoms with Gasteiger partial charge < -0.3 is 20.5 Å². The van der Waals surface area contributed by atoms with Gasteiger partial charge in [0.25, 0.3) is 0 Å². The summed E-state index contributed by atoms with van der Waals surface area (Å²) in [5, 5.41) is 5.59. The number of carbonyl (C=O) groups excluding carboxylic acids is 1. The number of sulfone groups is 1. The molecule has 0 fully saturated rings. The van der Waals surface area contributed by atoms with Gasteiger partial charge in [0.15, 0.2) is 21.6 Å². The number of guanidine groups is 1. The minimum atomic E-state index is -3.37. The SMILES string of the molecule is COc1cc(S(C)(=O)=O)ccc1NC(N)=Nc1ccc(-c2ccc(NC(=O)OC(C)(C)C)cc2)cn1. The lowest BCUT2D eigenvalue weighted by molar-refractivity contribution is 0.0636. The van der Waals surface area contributed by atoms with Crippen molar-refractivity contribution in [2.24, 2.45) is 10.7 Å². The number of amides is 1. The average Bonchev–Trinajstić information content (AvgIpc) is 2.78. The van der Waals surface area contributed by atoms with E-state index in [1.54, 1.807) is 51.2 Å². The van der Waals surface area contributed by atoms with Crippen LogP contribution in [0.2, 0.25) is 0 Å². The minimum absolute atomic E-state index is 0.0539. The van der Waals surface area contributed by atoms with E-state index in [2.05, 4.69) is 20.6 Å². The topological polar surface area (TPSA) is 145 Å². The molecule has 11 heteroatoms. The van der Waals surface area contributed by atoms with Crippen molar-refractivity contribution >= 4 is 39.1 Å². The van der Waals surface area contributed by atoms with Gasteiger partial charge in [-0.15, -0.1) is 0 Å². The second-order valence-electron chi connectivity index (χ2n) is 8.87. The average molecular weight is 512 g/mol. The van der Waals surface area contributed by atoms with Crippen molar-refractivity contribution in [3.63, 3.8) is 0 Å². The predicted molar refractivity (Wildman–Crippen MR) is 141 cm³/mol. The molecule has 0 saturated carbocycles. The highest BCUT2D eigenvalue weighted by Crippen LogP contribution is 2.28. The van der Waals surface area contributed by atoms with Crippen LogP contribution in [0.15, 0.2) is 70.7 Å². The van der Waals surface area contributed by atoms with Crippen LogP contribution in [0.5, 0.6) is 5.75 Å². The Kier molecular flexibility index (Phi) is 7.83. The number of methoxy groups -OCH3 is 1. The van der Waals surface area contributed by atoms with E-state index in [9.17, 15) is 13.2 Å². The Hall–Kier alpha value is -4.12. The third-order valence-corrected chi connectivity index (χ3v) is 5.82. The van der Waals surface area contributed by atoms with E-state index in [4.69, 9.17) is 15.2 Å². The number of pyridine rings is 1. The number of aliphatic imine (C=N–C) groups is 1. The van der Waals surface area contributed by atoms with Crippen molar-refractivity contribution in [1.82, 2.24) is 4.98 Å². The molecule has 0 unspecified atom stereocenters. The van der Waals surface area contributed by atoms with Crippen molar-refractivity contribution in [3.8, 4) is 16.9 Å². The Morgan fingerprint density at radius 3 is 2.22 bits per heavy atom. The molecule has 10 nitrogen and oxygen atoms in total. The van der Waals surface area contributed by atoms with Crippen LogP contribution in [0.3, 0.4) is 0 Å². The van der Waals surface area contributed by atoms with Gasteiger partial charge in [0, 0.05) is 29.8 Å². The van der Waals surface area contributed by atoms with Crippen LogP contribution in [0, 0.1) is 0 Å². The third kappa shape index (κ3) is 7.44. The quantitative estimate of drug-likeness (QED) is 0.322. The number of nitrogens with one attached hydrogen (secondary N) is 2. The van der Waals surface area contributed by atoms with Crippen LogP contribution in [0.25, 0.3) is 11.1 Å². The summed E-state index contributed by atoms with van der Waals surface area (Å²) in [4.78, 5) is 20.6. The number of carbonyl (C=O) groups is 1. The fraction of sp³-hybridized carbons (Fsp3) is 0.240. The zero-order chi connectivity index (χ0) is 26.5. The molecule has 3 aromatic rings. The molecule has 0 aliphatic rings. The Morgan fingerprint density at radius 2 is 1.67 bits per heavy atom. The first-order valence-electron chi connectivity index (χ1n) is 10.9. The summed E-state index contributed by atoms with van der Waals surface area (Å²) in [6.07, 6.45) is 2.26. The van der Waals surface area contributed by atoms with Crippen molar-refractivity contribution in [3.05, 3.63) is 60.8 Å². The number of ether oxygens (including phenoxy) is 2. The van der Waals surface area contributed by atoms with E-state index in [-0.39, 0.29) is 10.9 Å². The van der Waals surface area contributed by atoms with Gasteiger partial charge in [-0.1, -0.05) is 12.1 Å². The summed E-state index contributed by atoms with van der Waals surface area (Å²) < 4.78 is 34.0. The molecule has 1 heterocycles. The maximum absolute atomic E-state index is 11.9. The lowest BCUT2D eigenvalue weighted by atomic mass is 10.1. The molecule has 0 saturated heterocycles. The number of nitrogens with two attached hydrogens (primary N) is 1. The van der Waals surface area contributed by atoms with Crippen molar-refractivity contribution in [2.75, 3.05) is 24.0 Å². The predicted octanol–water partition coefficient (Wildman–Crippen LogP) is 4.57. The number of benzene rings is 2. The first kappa shape index (κ1) is 26.5. The van der Waals surface area contributed by atoms with Crippen LogP contribution < -0.4 is 21.1 Å². The summed E-state index contributed by atoms with van der Waals surface area (Å²) in [6, 6.07) is 15.2. The van der Waals surface area contributed by atoms with Crippen LogP contribution in [0.1, 0.15) is 20.8 Å². The van der Waals surface area contributed by atoms with Gasteiger partial charge in [-0.3, -0.25) is 5.32 Å². The highest BCUT2D eigenvalue weighted by Gasteiger charge is 2.16. The molecular weight excluding hydrogens is 482 g/mol. The molecule has 190 valence electrons. The molecule has 1 aromatic heterocycles. The highest BCUT2D eigenvalue weighted by atomic mass is 32.2. The van der Waals surface area contributed by atoms with E-state index in [1.807, 2.05) is 18.2 Å². The molecule has 1 amide bonds. The second-order valence-corrected chi connectivity index (χ2v) is 10.9. The fourth-order valence-electron chi connectivity index (χ4n) is 3.09. The largest absolute Gasteiger partial charge is 0.495 e. The monoisotopic (exact) mass is 511 g/mol. The number of rotatable bonds is 6. The zero-order valence-electron chi connectivity index (χ0n) is 20.7. The molecule has 36 heavy (non-hydrogen) atoms. The van der Waals surface area contributed by atoms with Crippen molar-refractivity contribution in [2.45, 2.75) is 31.3 Å². The molecule has 2 aromatic carbocycles. The maximum Gasteiger partial charge on any atom is 0.412 e. The molecule has 0 atom stereocenters. The lowest BCUT2D eigenvalue weighted by Gasteiger charge is -2.19. The molecule has 3 rings (SSSR count). The van der Waals surface area contributed by atoms with Crippen LogP contribution in [-0.4, -0.2) is 44.4 Å². The van der Waals surface area contributed by atoms with E-state index >= 15 is 0 Å². The Morgan fingerprint density at radius 1 is 1.00 bits per heavy atom. The van der Waals surface area contributed by atoms with Gasteiger partial charge in [0.05, 0.1) is 17.7 Å². The minimum Gasteiger partial charge on any atom is -0.495 e. The third-order valence-electron chi connectivity index (χ3n) is 4.71. The number of nitrogens with zero attached hydrogens (tertiary/aromatic N) is 2. The van der Waals surface area contributed by atoms with E-state index in [0.717, 1.165) is 17.4 Å². The molecular formula is C25H29N5O5S. The maximum atomic E-state index is 11.9. The molecule has 0 aliphatic heterocycles. The van der Waals surface area contributed by atoms with Crippen molar-refractivity contribution < 1.29 is 22.7 Å². The molecule has 4 N–H and O–H groups in total. The summed E-state index contributed by atoms with van der Waals surface area (Å²) in [6.45, 7) is 5.40. The van der Waals surface area contributed by atoms with Gasteiger partial charge in [-0.25, -0.2) is 18.2 Å². The van der Waals surface area contributed by atoms with Gasteiger partial charge >= 0.3 is 6.09 Å². The van der Waals surface area contributed by atoms with E-state index in [1.165, 1.54) is 19.2 Å². The van der Waals surface area contributed by atoms with E-state index < -0.39 is 21.5 Å². The molecule has 0 bridgehead atoms. The number of aromatic nitrogens is 1. The smallest absolute Gasteiger partial charge is 0.412 e. The second kappa shape index (κ2) is 10.6. The van der Waals surface area contributed by atoms with Gasteiger partial charge in [-0.05, 0) is 62.7 Å². The zero-order valence-corrected chi connectivity index (χ0v) is 21.5. The molecule has 0 radical (unpaired) electrons. The van der Waals surface area contributed by atoms with Crippen molar-refractivity contribution in [1.29, 1.82) is 0 Å². The standard InChI is InChI=1S/C25H29N5O5S/c1-25(2,3)35-24(31)28-18-9-6-16(7-10-18)17-8-13-22(27-15-17)30-23(26)29-20-12-11-19(36(5,32)33)14-21(20)34-4/h6-15H,1-5H3,(H,28,31)(H3,26,27,29,30). The van der Waals surface area contributed by atoms with E-state index in [0.29, 0.717) is 22.9 Å². The summed E-state index contributed by atoms with van der Waals surface area (Å²) in [5.74, 6) is 0.737. The summed E-state index contributed by atoms with van der Waals surface area (Å²) in [7, 11) is -1.94. The number of anilines is 2. The van der Waals surface area contributed by atoms with Crippen LogP contribution in [-0.2, 0) is 14.6 Å². The highest BCUT2D eigenvalue weighted by molar-refractivity contribution is 7.90. The summed E-state index contributed by atoms with van der Waals surface area (Å²) >= 11 is 0. The Labute approximate surface area is 210 Å². The first-order valence-corrected chi connectivity index (χ1v) is 12.8. The van der Waals surface area contributed by atoms with Gasteiger partial charge in [0.1, 0.15) is 11.4 Å². The molecule has 0 spiro atoms. The first-order chi connectivity index (χ1) is 16.8. The van der Waals surface area contributed by atoms with Gasteiger partial charge in [0.2, 0.25) is 0 Å². The number of hydrogen-bond acceptors (Lipinski definition) is 7.